The number of nitrogen functional groups attached to an aromatic ring is 1. The summed E-state index contributed by atoms with van der Waals surface area (Å²) in [5, 5.41) is 5.98. The molecule has 1 aromatic carbocycles. The van der Waals surface area contributed by atoms with E-state index in [-0.39, 0.29) is 0 Å². The number of nitrogens with zero attached hydrogens (tertiary/aromatic N) is 2. The van der Waals surface area contributed by atoms with Gasteiger partial charge in [-0.25, -0.2) is 0 Å². The van der Waals surface area contributed by atoms with Gasteiger partial charge in [0.15, 0.2) is 0 Å². The molecule has 2 atom stereocenters. The third-order valence-electron chi connectivity index (χ3n) is 5.03. The number of pyridine rings is 1. The topological polar surface area (TPSA) is 54.2 Å². The van der Waals surface area contributed by atoms with Gasteiger partial charge in [-0.15, -0.1) is 0 Å². The van der Waals surface area contributed by atoms with Crippen molar-refractivity contribution in [1.29, 1.82) is 0 Å². The van der Waals surface area contributed by atoms with Crippen molar-refractivity contribution in [3.05, 3.63) is 30.6 Å². The van der Waals surface area contributed by atoms with Crippen LogP contribution in [0.4, 0.5) is 11.4 Å². The van der Waals surface area contributed by atoms with Crippen molar-refractivity contribution in [2.75, 3.05) is 24.1 Å². The first-order chi connectivity index (χ1) is 10.3. The molecule has 3 heterocycles. The maximum absolute atomic E-state index is 6.05. The molecule has 110 valence electrons. The number of fused-ring (bicyclic) bond motifs is 2. The average molecular weight is 282 g/mol. The van der Waals surface area contributed by atoms with Gasteiger partial charge in [0.2, 0.25) is 0 Å². The third kappa shape index (κ3) is 2.33. The normalized spacial score (nSPS) is 25.9. The summed E-state index contributed by atoms with van der Waals surface area (Å²) in [5.74, 6) is 0. The number of hydrogen-bond acceptors (Lipinski definition) is 4. The van der Waals surface area contributed by atoms with Crippen molar-refractivity contribution in [2.45, 2.75) is 37.8 Å². The van der Waals surface area contributed by atoms with Gasteiger partial charge in [0.25, 0.3) is 0 Å². The summed E-state index contributed by atoms with van der Waals surface area (Å²) in [5.41, 5.74) is 8.05. The van der Waals surface area contributed by atoms with E-state index in [0.29, 0.717) is 6.04 Å². The predicted octanol–water partition coefficient (Wildman–Crippen LogP) is 2.86. The van der Waals surface area contributed by atoms with Crippen molar-refractivity contribution in [2.24, 2.45) is 0 Å². The van der Waals surface area contributed by atoms with Crippen molar-refractivity contribution in [3.63, 3.8) is 0 Å². The van der Waals surface area contributed by atoms with E-state index in [4.69, 9.17) is 5.73 Å². The molecule has 0 aliphatic carbocycles. The zero-order valence-electron chi connectivity index (χ0n) is 12.3. The number of hydrogen-bond donors (Lipinski definition) is 2. The van der Waals surface area contributed by atoms with E-state index in [0.717, 1.165) is 17.1 Å². The smallest absolute Gasteiger partial charge is 0.0424 e. The number of anilines is 2. The molecule has 2 aromatic rings. The van der Waals surface area contributed by atoms with Crippen molar-refractivity contribution >= 4 is 22.1 Å². The van der Waals surface area contributed by atoms with Gasteiger partial charge in [0.1, 0.15) is 0 Å². The highest BCUT2D eigenvalue weighted by molar-refractivity contribution is 6.00. The molecule has 2 aliphatic heterocycles. The molecule has 0 spiro atoms. The molecule has 0 bridgehead atoms. The summed E-state index contributed by atoms with van der Waals surface area (Å²) in [7, 11) is 0. The van der Waals surface area contributed by atoms with Gasteiger partial charge >= 0.3 is 0 Å². The molecule has 2 aliphatic rings. The Morgan fingerprint density at radius 1 is 1.14 bits per heavy atom. The minimum atomic E-state index is 0.573. The molecule has 2 fully saturated rings. The highest BCUT2D eigenvalue weighted by Crippen LogP contribution is 2.32. The fourth-order valence-electron chi connectivity index (χ4n) is 3.91. The van der Waals surface area contributed by atoms with Gasteiger partial charge in [-0.05, 0) is 50.4 Å². The van der Waals surface area contributed by atoms with E-state index in [1.807, 2.05) is 18.5 Å². The van der Waals surface area contributed by atoms with Crippen LogP contribution in [0.3, 0.4) is 0 Å². The standard InChI is InChI=1S/C17H22N4/c18-16-3-4-17(14-5-7-19-11-15(14)16)20-12-6-9-21-8-1-2-13(21)10-12/h3-5,7,11-13,20H,1-2,6,8-10,18H2. The monoisotopic (exact) mass is 282 g/mol. The molecule has 4 nitrogen and oxygen atoms in total. The molecule has 0 amide bonds. The Kier molecular flexibility index (Phi) is 3.19. The van der Waals surface area contributed by atoms with E-state index < -0.39 is 0 Å². The summed E-state index contributed by atoms with van der Waals surface area (Å²) in [4.78, 5) is 6.85. The van der Waals surface area contributed by atoms with Gasteiger partial charge < -0.3 is 16.0 Å². The molecular weight excluding hydrogens is 260 g/mol. The molecule has 3 N–H and O–H groups in total. The minimum Gasteiger partial charge on any atom is -0.398 e. The van der Waals surface area contributed by atoms with Crippen LogP contribution in [0, 0.1) is 0 Å². The number of benzene rings is 1. The summed E-state index contributed by atoms with van der Waals surface area (Å²) in [6.45, 7) is 2.53. The molecule has 4 rings (SSSR count). The summed E-state index contributed by atoms with van der Waals surface area (Å²) < 4.78 is 0. The van der Waals surface area contributed by atoms with Crippen LogP contribution < -0.4 is 11.1 Å². The molecule has 21 heavy (non-hydrogen) atoms. The fourth-order valence-corrected chi connectivity index (χ4v) is 3.91. The van der Waals surface area contributed by atoms with Crippen LogP contribution in [0.25, 0.3) is 10.8 Å². The minimum absolute atomic E-state index is 0.573. The largest absolute Gasteiger partial charge is 0.398 e. The SMILES string of the molecule is Nc1ccc(NC2CCN3CCCC3C2)c2ccncc12. The Bertz CT molecular complexity index is 654. The van der Waals surface area contributed by atoms with Crippen molar-refractivity contribution in [3.8, 4) is 0 Å². The van der Waals surface area contributed by atoms with Crippen molar-refractivity contribution < 1.29 is 0 Å². The van der Waals surface area contributed by atoms with Crippen LogP contribution in [0.15, 0.2) is 30.6 Å². The maximum atomic E-state index is 6.05. The third-order valence-corrected chi connectivity index (χ3v) is 5.03. The molecule has 2 unspecified atom stereocenters. The van der Waals surface area contributed by atoms with Crippen LogP contribution in [0.1, 0.15) is 25.7 Å². The Morgan fingerprint density at radius 2 is 2.10 bits per heavy atom. The van der Waals surface area contributed by atoms with E-state index in [2.05, 4.69) is 27.3 Å². The Labute approximate surface area is 125 Å². The van der Waals surface area contributed by atoms with E-state index in [9.17, 15) is 0 Å². The van der Waals surface area contributed by atoms with E-state index in [1.165, 1.54) is 49.8 Å². The molecule has 4 heteroatoms. The number of nitrogens with two attached hydrogens (primary N) is 1. The first-order valence-electron chi connectivity index (χ1n) is 7.94. The van der Waals surface area contributed by atoms with Gasteiger partial charge in [0, 0.05) is 53.2 Å². The summed E-state index contributed by atoms with van der Waals surface area (Å²) >= 11 is 0. The quantitative estimate of drug-likeness (QED) is 0.832. The van der Waals surface area contributed by atoms with E-state index in [1.54, 1.807) is 0 Å². The molecular formula is C17H22N4. The van der Waals surface area contributed by atoms with Crippen LogP contribution in [0.2, 0.25) is 0 Å². The van der Waals surface area contributed by atoms with Crippen LogP contribution >= 0.6 is 0 Å². The lowest BCUT2D eigenvalue weighted by Gasteiger charge is -2.35. The lowest BCUT2D eigenvalue weighted by atomic mass is 9.97. The first kappa shape index (κ1) is 12.9. The number of nitrogens with one attached hydrogen (secondary N) is 1. The molecule has 0 radical (unpaired) electrons. The summed E-state index contributed by atoms with van der Waals surface area (Å²) in [6.07, 6.45) is 8.92. The second-order valence-electron chi connectivity index (χ2n) is 6.32. The van der Waals surface area contributed by atoms with Gasteiger partial charge in [-0.1, -0.05) is 0 Å². The lowest BCUT2D eigenvalue weighted by molar-refractivity contribution is 0.188. The van der Waals surface area contributed by atoms with Gasteiger partial charge in [-0.3, -0.25) is 4.98 Å². The highest BCUT2D eigenvalue weighted by atomic mass is 15.2. The van der Waals surface area contributed by atoms with Crippen molar-refractivity contribution in [1.82, 2.24) is 9.88 Å². The highest BCUT2D eigenvalue weighted by Gasteiger charge is 2.31. The first-order valence-corrected chi connectivity index (χ1v) is 7.94. The maximum Gasteiger partial charge on any atom is 0.0424 e. The Hall–Kier alpha value is -1.81. The van der Waals surface area contributed by atoms with Crippen LogP contribution in [-0.4, -0.2) is 35.1 Å². The molecule has 2 saturated heterocycles. The molecule has 1 aromatic heterocycles. The second kappa shape index (κ2) is 5.19. The fraction of sp³-hybridized carbons (Fsp3) is 0.471. The predicted molar refractivity (Wildman–Crippen MR) is 87.4 cm³/mol. The van der Waals surface area contributed by atoms with E-state index >= 15 is 0 Å². The molecule has 0 saturated carbocycles. The van der Waals surface area contributed by atoms with Gasteiger partial charge in [0.05, 0.1) is 0 Å². The Morgan fingerprint density at radius 3 is 3.05 bits per heavy atom. The lowest BCUT2D eigenvalue weighted by Crippen LogP contribution is -2.42. The number of rotatable bonds is 2. The zero-order valence-corrected chi connectivity index (χ0v) is 12.3. The summed E-state index contributed by atoms with van der Waals surface area (Å²) in [6, 6.07) is 7.51. The second-order valence-corrected chi connectivity index (χ2v) is 6.32. The van der Waals surface area contributed by atoms with Crippen LogP contribution in [0.5, 0.6) is 0 Å². The Balaban J connectivity index is 1.58. The van der Waals surface area contributed by atoms with Crippen LogP contribution in [-0.2, 0) is 0 Å². The van der Waals surface area contributed by atoms with Gasteiger partial charge in [-0.2, -0.15) is 0 Å². The number of aromatic nitrogens is 1. The zero-order chi connectivity index (χ0) is 14.2. The number of piperidine rings is 1. The average Bonchev–Trinajstić information content (AvgIpc) is 2.98.